The minimum absolute atomic E-state index is 0. The van der Waals surface area contributed by atoms with Crippen LogP contribution in [0.4, 0.5) is 0 Å². The van der Waals surface area contributed by atoms with E-state index in [4.69, 9.17) is 4.74 Å². The minimum Gasteiger partial charge on any atom is -0.367 e. The molecule has 2 heterocycles. The molecule has 10 nitrogen and oxygen atoms in total. The summed E-state index contributed by atoms with van der Waals surface area (Å²) in [6, 6.07) is 1.48. The van der Waals surface area contributed by atoms with Gasteiger partial charge in [-0.05, 0) is 31.6 Å². The highest BCUT2D eigenvalue weighted by molar-refractivity contribution is 7.87. The number of halogens is 1. The number of hydrogen-bond acceptors (Lipinski definition) is 7. The van der Waals surface area contributed by atoms with Crippen LogP contribution in [0.25, 0.3) is 0 Å². The SMILES string of the molecule is CN(C)S(=O)(=O)NC(=O)CO[C@@H]1C[C@H]2C[C@@H]1N[C@@H]2C(=O)N1CCC[C@H]1C#N.Cl. The lowest BCUT2D eigenvalue weighted by molar-refractivity contribution is -0.136. The molecule has 1 aliphatic carbocycles. The van der Waals surface area contributed by atoms with Crippen molar-refractivity contribution in [3.8, 4) is 6.07 Å². The zero-order chi connectivity index (χ0) is 19.8. The largest absolute Gasteiger partial charge is 0.367 e. The summed E-state index contributed by atoms with van der Waals surface area (Å²) in [4.78, 5) is 26.2. The van der Waals surface area contributed by atoms with E-state index in [-0.39, 0.29) is 55.1 Å². The molecule has 3 aliphatic rings. The van der Waals surface area contributed by atoms with Crippen molar-refractivity contribution in [2.24, 2.45) is 5.92 Å². The monoisotopic (exact) mass is 435 g/mol. The summed E-state index contributed by atoms with van der Waals surface area (Å²) in [5.41, 5.74) is 0. The summed E-state index contributed by atoms with van der Waals surface area (Å²) in [5.74, 6) is -0.658. The summed E-state index contributed by atoms with van der Waals surface area (Å²) in [6.07, 6.45) is 2.73. The standard InChI is InChI=1S/C16H25N5O5S.ClH/c1-20(2)27(24,25)19-14(22)9-26-13-7-10-6-12(13)18-15(10)16(23)21-5-3-4-11(21)8-17;/h10-13,15,18H,3-7,9H2,1-2H3,(H,19,22);1H/t10-,11+,12+,13-,15+;/m1./s1. The number of nitriles is 1. The number of rotatable bonds is 6. The van der Waals surface area contributed by atoms with Crippen LogP contribution in [0.5, 0.6) is 0 Å². The molecule has 158 valence electrons. The maximum absolute atomic E-state index is 12.7. The summed E-state index contributed by atoms with van der Waals surface area (Å²) < 4.78 is 31.7. The van der Waals surface area contributed by atoms with Crippen LogP contribution in [0.1, 0.15) is 25.7 Å². The molecule has 2 amide bonds. The lowest BCUT2D eigenvalue weighted by atomic mass is 9.97. The Morgan fingerprint density at radius 1 is 1.36 bits per heavy atom. The summed E-state index contributed by atoms with van der Waals surface area (Å²) in [6.45, 7) is 0.261. The van der Waals surface area contributed by atoms with E-state index in [9.17, 15) is 23.3 Å². The van der Waals surface area contributed by atoms with Gasteiger partial charge in [0.1, 0.15) is 12.6 Å². The van der Waals surface area contributed by atoms with Gasteiger partial charge < -0.3 is 15.0 Å². The van der Waals surface area contributed by atoms with Gasteiger partial charge in [-0.3, -0.25) is 9.59 Å². The molecule has 0 spiro atoms. The fourth-order valence-corrected chi connectivity index (χ4v) is 4.63. The van der Waals surface area contributed by atoms with E-state index in [2.05, 4.69) is 11.4 Å². The molecule has 0 aromatic rings. The first-order chi connectivity index (χ1) is 12.7. The normalized spacial score (nSPS) is 31.5. The second-order valence-electron chi connectivity index (χ2n) is 7.46. The number of ether oxygens (including phenoxy) is 1. The molecular weight excluding hydrogens is 410 g/mol. The molecule has 0 radical (unpaired) electrons. The Morgan fingerprint density at radius 2 is 2.07 bits per heavy atom. The van der Waals surface area contributed by atoms with Gasteiger partial charge in [-0.25, -0.2) is 4.72 Å². The minimum atomic E-state index is -3.83. The Hall–Kier alpha value is -1.45. The molecule has 2 saturated heterocycles. The first-order valence-electron chi connectivity index (χ1n) is 9.03. The van der Waals surface area contributed by atoms with E-state index in [0.29, 0.717) is 13.0 Å². The van der Waals surface area contributed by atoms with E-state index >= 15 is 0 Å². The van der Waals surface area contributed by atoms with Crippen molar-refractivity contribution in [3.63, 3.8) is 0 Å². The molecule has 3 fully saturated rings. The smallest absolute Gasteiger partial charge is 0.303 e. The lowest BCUT2D eigenvalue weighted by Crippen LogP contribution is -2.54. The van der Waals surface area contributed by atoms with Crippen LogP contribution in [-0.4, -0.2) is 80.9 Å². The Kier molecular flexibility index (Phi) is 7.27. The Bertz CT molecular complexity index is 755. The molecule has 3 rings (SSSR count). The lowest BCUT2D eigenvalue weighted by Gasteiger charge is -2.32. The topological polar surface area (TPSA) is 132 Å². The maximum Gasteiger partial charge on any atom is 0.303 e. The van der Waals surface area contributed by atoms with Crippen molar-refractivity contribution >= 4 is 34.4 Å². The average Bonchev–Trinajstić information content (AvgIpc) is 3.33. The first-order valence-corrected chi connectivity index (χ1v) is 10.5. The van der Waals surface area contributed by atoms with Crippen molar-refractivity contribution in [3.05, 3.63) is 0 Å². The molecule has 12 heteroatoms. The van der Waals surface area contributed by atoms with Crippen LogP contribution in [0.15, 0.2) is 0 Å². The Morgan fingerprint density at radius 3 is 2.64 bits per heavy atom. The number of nitrogens with one attached hydrogen (secondary N) is 2. The quantitative estimate of drug-likeness (QED) is 0.545. The molecule has 0 aromatic heterocycles. The van der Waals surface area contributed by atoms with Crippen molar-refractivity contribution in [1.29, 1.82) is 5.26 Å². The zero-order valence-electron chi connectivity index (χ0n) is 15.8. The second-order valence-corrected chi connectivity index (χ2v) is 9.35. The van der Waals surface area contributed by atoms with Gasteiger partial charge in [0.05, 0.1) is 18.2 Å². The fourth-order valence-electron chi connectivity index (χ4n) is 4.10. The molecule has 5 atom stereocenters. The van der Waals surface area contributed by atoms with Gasteiger partial charge in [0.2, 0.25) is 5.91 Å². The zero-order valence-corrected chi connectivity index (χ0v) is 17.5. The van der Waals surface area contributed by atoms with Gasteiger partial charge >= 0.3 is 10.2 Å². The second kappa shape index (κ2) is 8.92. The summed E-state index contributed by atoms with van der Waals surface area (Å²) >= 11 is 0. The van der Waals surface area contributed by atoms with Crippen molar-refractivity contribution < 1.29 is 22.7 Å². The van der Waals surface area contributed by atoms with Crippen LogP contribution < -0.4 is 10.0 Å². The van der Waals surface area contributed by atoms with Crippen LogP contribution in [0.3, 0.4) is 0 Å². The fraction of sp³-hybridized carbons (Fsp3) is 0.812. The highest BCUT2D eigenvalue weighted by Gasteiger charge is 2.50. The molecule has 1 saturated carbocycles. The van der Waals surface area contributed by atoms with E-state index in [1.54, 1.807) is 4.90 Å². The summed E-state index contributed by atoms with van der Waals surface area (Å²) in [7, 11) is -1.18. The van der Waals surface area contributed by atoms with E-state index in [1.807, 2.05) is 4.72 Å². The van der Waals surface area contributed by atoms with E-state index < -0.39 is 16.1 Å². The molecule has 28 heavy (non-hydrogen) atoms. The number of amides is 2. The summed E-state index contributed by atoms with van der Waals surface area (Å²) in [5, 5.41) is 12.4. The number of carbonyl (C=O) groups excluding carboxylic acids is 2. The van der Waals surface area contributed by atoms with Crippen molar-refractivity contribution in [2.45, 2.75) is 49.9 Å². The number of carbonyl (C=O) groups is 2. The third kappa shape index (κ3) is 4.58. The molecule has 2 N–H and O–H groups in total. The van der Waals surface area contributed by atoms with Crippen LogP contribution in [0.2, 0.25) is 0 Å². The Balaban J connectivity index is 0.00000280. The number of fused-ring (bicyclic) bond motifs is 2. The van der Waals surface area contributed by atoms with E-state index in [1.165, 1.54) is 14.1 Å². The molecule has 2 bridgehead atoms. The molecule has 0 aromatic carbocycles. The average molecular weight is 436 g/mol. The predicted octanol–water partition coefficient (Wildman–Crippen LogP) is -1.02. The number of piperidine rings is 1. The van der Waals surface area contributed by atoms with Crippen LogP contribution in [0, 0.1) is 17.2 Å². The third-order valence-electron chi connectivity index (χ3n) is 5.51. The van der Waals surface area contributed by atoms with Gasteiger partial charge in [-0.15, -0.1) is 12.4 Å². The number of hydrogen-bond donors (Lipinski definition) is 2. The number of nitrogens with zero attached hydrogens (tertiary/aromatic N) is 3. The Labute approximate surface area is 171 Å². The molecular formula is C16H26ClN5O5S. The van der Waals surface area contributed by atoms with Gasteiger partial charge in [0, 0.05) is 26.7 Å². The first kappa shape index (κ1) is 22.8. The van der Waals surface area contributed by atoms with Gasteiger partial charge in [-0.2, -0.15) is 18.0 Å². The highest BCUT2D eigenvalue weighted by Crippen LogP contribution is 2.38. The third-order valence-corrected chi connectivity index (χ3v) is 6.96. The van der Waals surface area contributed by atoms with Crippen LogP contribution in [-0.2, 0) is 24.5 Å². The van der Waals surface area contributed by atoms with Crippen molar-refractivity contribution in [1.82, 2.24) is 19.2 Å². The van der Waals surface area contributed by atoms with Gasteiger partial charge in [0.25, 0.3) is 5.91 Å². The van der Waals surface area contributed by atoms with E-state index in [0.717, 1.165) is 23.6 Å². The van der Waals surface area contributed by atoms with Gasteiger partial charge in [-0.1, -0.05) is 0 Å². The number of likely N-dealkylation sites (tertiary alicyclic amines) is 1. The van der Waals surface area contributed by atoms with Crippen LogP contribution >= 0.6 is 12.4 Å². The predicted molar refractivity (Wildman–Crippen MR) is 102 cm³/mol. The van der Waals surface area contributed by atoms with Crippen molar-refractivity contribution in [2.75, 3.05) is 27.2 Å². The maximum atomic E-state index is 12.7. The van der Waals surface area contributed by atoms with Gasteiger partial charge in [0.15, 0.2) is 0 Å². The highest BCUT2D eigenvalue weighted by atomic mass is 35.5. The molecule has 0 unspecified atom stereocenters. The molecule has 2 aliphatic heterocycles.